The molecule has 2 atom stereocenters. The fourth-order valence-corrected chi connectivity index (χ4v) is 7.21. The maximum Gasteiger partial charge on any atom is 0.226 e. The van der Waals surface area contributed by atoms with Crippen LogP contribution >= 0.6 is 0 Å². The zero-order chi connectivity index (χ0) is 25.3. The average molecular weight is 491 g/mol. The van der Waals surface area contributed by atoms with E-state index in [-0.39, 0.29) is 5.92 Å². The molecule has 2 bridgehead atoms. The Morgan fingerprint density at radius 1 is 0.972 bits per heavy atom. The smallest absolute Gasteiger partial charge is 0.226 e. The molecular formula is C31H42N2O3. The number of benzene rings is 2. The van der Waals surface area contributed by atoms with Crippen LogP contribution in [0.4, 0.5) is 0 Å². The maximum atomic E-state index is 13.5. The molecule has 0 unspecified atom stereocenters. The molecule has 2 aromatic rings. The lowest BCUT2D eigenvalue weighted by atomic mass is 9.65. The quantitative estimate of drug-likeness (QED) is 0.484. The van der Waals surface area contributed by atoms with E-state index < -0.39 is 0 Å². The maximum absolute atomic E-state index is 13.5. The second-order valence-electron chi connectivity index (χ2n) is 12.5. The molecule has 3 fully saturated rings. The summed E-state index contributed by atoms with van der Waals surface area (Å²) in [6.45, 7) is 11.4. The first kappa shape index (κ1) is 25.1. The molecular weight excluding hydrogens is 448 g/mol. The van der Waals surface area contributed by atoms with Gasteiger partial charge in [0.05, 0.1) is 7.11 Å². The third kappa shape index (κ3) is 5.56. The lowest BCUT2D eigenvalue weighted by molar-refractivity contribution is -0.138. The molecule has 0 N–H and O–H groups in total. The summed E-state index contributed by atoms with van der Waals surface area (Å²) in [6.07, 6.45) is 5.49. The van der Waals surface area contributed by atoms with Gasteiger partial charge in [-0.15, -0.1) is 0 Å². The van der Waals surface area contributed by atoms with Gasteiger partial charge in [0.2, 0.25) is 5.91 Å². The third-order valence-corrected chi connectivity index (χ3v) is 8.51. The molecule has 2 heterocycles. The van der Waals surface area contributed by atoms with Crippen molar-refractivity contribution in [3.8, 4) is 11.5 Å². The molecule has 0 spiro atoms. The second-order valence-corrected chi connectivity index (χ2v) is 12.5. The van der Waals surface area contributed by atoms with Gasteiger partial charge in [-0.2, -0.15) is 0 Å². The first-order valence-electron chi connectivity index (χ1n) is 13.6. The number of rotatable bonds is 7. The number of methoxy groups -OCH3 is 1. The van der Waals surface area contributed by atoms with Gasteiger partial charge >= 0.3 is 0 Å². The SMILES string of the molecule is COc1cc(CN2CCC(C(=O)N3C[C@@]4(C)C[C@H]3CC(C)(C)C4)CC2)ccc1OCc1ccccc1. The number of nitrogens with zero attached hydrogens (tertiary/aromatic N) is 2. The summed E-state index contributed by atoms with van der Waals surface area (Å²) < 4.78 is 11.6. The van der Waals surface area contributed by atoms with Gasteiger partial charge in [0.1, 0.15) is 6.61 Å². The summed E-state index contributed by atoms with van der Waals surface area (Å²) in [5.41, 5.74) is 3.00. The van der Waals surface area contributed by atoms with Gasteiger partial charge in [-0.05, 0) is 79.3 Å². The third-order valence-electron chi connectivity index (χ3n) is 8.51. The van der Waals surface area contributed by atoms with Crippen LogP contribution in [0, 0.1) is 16.7 Å². The van der Waals surface area contributed by atoms with Gasteiger partial charge in [0.25, 0.3) is 0 Å². The molecule has 5 rings (SSSR count). The van der Waals surface area contributed by atoms with Crippen LogP contribution in [0.1, 0.15) is 64.0 Å². The molecule has 1 aliphatic carbocycles. The Morgan fingerprint density at radius 3 is 2.44 bits per heavy atom. The van der Waals surface area contributed by atoms with E-state index in [1.807, 2.05) is 24.3 Å². The molecule has 0 radical (unpaired) electrons. The van der Waals surface area contributed by atoms with Gasteiger partial charge in [0, 0.05) is 25.0 Å². The number of ether oxygens (including phenoxy) is 2. The van der Waals surface area contributed by atoms with Crippen molar-refractivity contribution in [3.63, 3.8) is 0 Å². The molecule has 0 aromatic heterocycles. The number of carbonyl (C=O) groups excluding carboxylic acids is 1. The summed E-state index contributed by atoms with van der Waals surface area (Å²) in [5.74, 6) is 2.13. The summed E-state index contributed by atoms with van der Waals surface area (Å²) >= 11 is 0. The van der Waals surface area contributed by atoms with E-state index >= 15 is 0 Å². The molecule has 2 aromatic carbocycles. The van der Waals surface area contributed by atoms with Crippen LogP contribution < -0.4 is 9.47 Å². The van der Waals surface area contributed by atoms with Crippen molar-refractivity contribution in [2.24, 2.45) is 16.7 Å². The van der Waals surface area contributed by atoms with Crippen molar-refractivity contribution < 1.29 is 14.3 Å². The van der Waals surface area contributed by atoms with Crippen LogP contribution in [0.15, 0.2) is 48.5 Å². The van der Waals surface area contributed by atoms with E-state index in [0.29, 0.717) is 29.4 Å². The molecule has 36 heavy (non-hydrogen) atoms. The number of carbonyl (C=O) groups is 1. The molecule has 5 heteroatoms. The lowest BCUT2D eigenvalue weighted by Crippen LogP contribution is -2.44. The molecule has 1 saturated carbocycles. The fraction of sp³-hybridized carbons (Fsp3) is 0.581. The van der Waals surface area contributed by atoms with Gasteiger partial charge in [-0.3, -0.25) is 9.69 Å². The standard InChI is InChI=1S/C31H42N2O3/c1-30(2)17-26-18-31(3,21-30)22-33(26)29(34)25-12-14-32(15-13-25)19-24-10-11-27(28(16-24)35-4)36-20-23-8-6-5-7-9-23/h5-11,16,25-26H,12-15,17-22H2,1-4H3/t26-,31+/m1/s1. The van der Waals surface area contributed by atoms with Gasteiger partial charge in [-0.1, -0.05) is 57.2 Å². The Kier molecular flexibility index (Phi) is 7.04. The largest absolute Gasteiger partial charge is 0.493 e. The highest BCUT2D eigenvalue weighted by Crippen LogP contribution is 2.53. The van der Waals surface area contributed by atoms with Crippen molar-refractivity contribution in [3.05, 3.63) is 59.7 Å². The first-order chi connectivity index (χ1) is 17.2. The average Bonchev–Trinajstić information content (AvgIpc) is 3.12. The Bertz CT molecular complexity index is 1060. The van der Waals surface area contributed by atoms with Crippen LogP contribution in [0.2, 0.25) is 0 Å². The van der Waals surface area contributed by atoms with Gasteiger partial charge < -0.3 is 14.4 Å². The van der Waals surface area contributed by atoms with Crippen LogP contribution in [0.25, 0.3) is 0 Å². The van der Waals surface area contributed by atoms with Crippen LogP contribution in [-0.4, -0.2) is 48.5 Å². The summed E-state index contributed by atoms with van der Waals surface area (Å²) in [5, 5.41) is 0. The molecule has 194 valence electrons. The first-order valence-corrected chi connectivity index (χ1v) is 13.6. The predicted molar refractivity (Wildman–Crippen MR) is 143 cm³/mol. The minimum absolute atomic E-state index is 0.176. The summed E-state index contributed by atoms with van der Waals surface area (Å²) in [4.78, 5) is 18.3. The van der Waals surface area contributed by atoms with E-state index in [1.165, 1.54) is 18.4 Å². The summed E-state index contributed by atoms with van der Waals surface area (Å²) in [7, 11) is 1.69. The molecule has 3 aliphatic rings. The minimum Gasteiger partial charge on any atom is -0.493 e. The van der Waals surface area contributed by atoms with E-state index in [1.54, 1.807) is 7.11 Å². The number of hydrogen-bond donors (Lipinski definition) is 0. The highest BCUT2D eigenvalue weighted by molar-refractivity contribution is 5.79. The zero-order valence-electron chi connectivity index (χ0n) is 22.5. The fourth-order valence-electron chi connectivity index (χ4n) is 7.21. The van der Waals surface area contributed by atoms with E-state index in [9.17, 15) is 4.79 Å². The monoisotopic (exact) mass is 490 g/mol. The molecule has 2 aliphatic heterocycles. The Hall–Kier alpha value is -2.53. The number of amides is 1. The van der Waals surface area contributed by atoms with E-state index in [0.717, 1.165) is 62.5 Å². The molecule has 5 nitrogen and oxygen atoms in total. The van der Waals surface area contributed by atoms with Crippen LogP contribution in [0.5, 0.6) is 11.5 Å². The minimum atomic E-state index is 0.176. The Morgan fingerprint density at radius 2 is 1.72 bits per heavy atom. The number of hydrogen-bond acceptors (Lipinski definition) is 4. The highest BCUT2D eigenvalue weighted by atomic mass is 16.5. The Balaban J connectivity index is 1.14. The van der Waals surface area contributed by atoms with Crippen molar-refractivity contribution >= 4 is 5.91 Å². The molecule has 1 amide bonds. The van der Waals surface area contributed by atoms with Crippen molar-refractivity contribution in [2.75, 3.05) is 26.7 Å². The number of piperidine rings is 1. The van der Waals surface area contributed by atoms with Gasteiger partial charge in [-0.25, -0.2) is 0 Å². The topological polar surface area (TPSA) is 42.0 Å². The van der Waals surface area contributed by atoms with Gasteiger partial charge in [0.15, 0.2) is 11.5 Å². The predicted octanol–water partition coefficient (Wildman–Crippen LogP) is 5.91. The van der Waals surface area contributed by atoms with E-state index in [2.05, 4.69) is 54.8 Å². The number of likely N-dealkylation sites (tertiary alicyclic amines) is 2. The van der Waals surface area contributed by atoms with Crippen molar-refractivity contribution in [1.82, 2.24) is 9.80 Å². The Labute approximate surface area is 216 Å². The van der Waals surface area contributed by atoms with Crippen LogP contribution in [0.3, 0.4) is 0 Å². The second kappa shape index (κ2) is 10.1. The number of fused-ring (bicyclic) bond motifs is 2. The lowest BCUT2D eigenvalue weighted by Gasteiger charge is -2.40. The zero-order valence-corrected chi connectivity index (χ0v) is 22.5. The normalized spacial score (nSPS) is 26.1. The van der Waals surface area contributed by atoms with E-state index in [4.69, 9.17) is 9.47 Å². The van der Waals surface area contributed by atoms with Crippen molar-refractivity contribution in [2.45, 2.75) is 72.1 Å². The van der Waals surface area contributed by atoms with Crippen molar-refractivity contribution in [1.29, 1.82) is 0 Å². The highest BCUT2D eigenvalue weighted by Gasteiger charge is 2.51. The molecule has 2 saturated heterocycles. The summed E-state index contributed by atoms with van der Waals surface area (Å²) in [6, 6.07) is 16.9. The van der Waals surface area contributed by atoms with Crippen LogP contribution in [-0.2, 0) is 17.9 Å².